The number of unbranched alkanes of at least 4 members (excludes halogenated alkanes) is 18. The first-order chi connectivity index (χ1) is 19.0. The summed E-state index contributed by atoms with van der Waals surface area (Å²) in [6.45, 7) is 3.96. The van der Waals surface area contributed by atoms with Gasteiger partial charge in [-0.15, -0.1) is 0 Å². The van der Waals surface area contributed by atoms with Crippen molar-refractivity contribution < 1.29 is 25.2 Å². The van der Waals surface area contributed by atoms with Crippen LogP contribution in [0.1, 0.15) is 162 Å². The van der Waals surface area contributed by atoms with Gasteiger partial charge in [0.15, 0.2) is 0 Å². The van der Waals surface area contributed by atoms with Crippen LogP contribution in [-0.2, 0) is 4.79 Å². The Hall–Kier alpha value is -0.950. The molecule has 39 heavy (non-hydrogen) atoms. The molecule has 0 aliphatic heterocycles. The number of rotatable bonds is 29. The normalized spacial score (nSPS) is 14.9. The molecule has 0 radical (unpaired) electrons. The third-order valence-corrected chi connectivity index (χ3v) is 7.73. The minimum atomic E-state index is -1.26. The Labute approximate surface area is 241 Å². The van der Waals surface area contributed by atoms with Crippen LogP contribution < -0.4 is 5.32 Å². The summed E-state index contributed by atoms with van der Waals surface area (Å²) in [5.74, 6) is -0.597. The van der Waals surface area contributed by atoms with Crippen LogP contribution in [0.3, 0.4) is 0 Å². The number of aliphatic hydroxyl groups excluding tert-OH is 4. The topological polar surface area (TPSA) is 110 Å². The highest BCUT2D eigenvalue weighted by molar-refractivity contribution is 5.80. The van der Waals surface area contributed by atoms with Crippen molar-refractivity contribution in [3.63, 3.8) is 0 Å². The quantitative estimate of drug-likeness (QED) is 0.0499. The fourth-order valence-electron chi connectivity index (χ4n) is 4.97. The zero-order valence-electron chi connectivity index (χ0n) is 25.6. The zero-order valence-corrected chi connectivity index (χ0v) is 25.6. The van der Waals surface area contributed by atoms with Gasteiger partial charge < -0.3 is 25.7 Å². The molecule has 232 valence electrons. The van der Waals surface area contributed by atoms with Crippen LogP contribution in [0, 0.1) is 0 Å². The molecule has 0 aromatic heterocycles. The lowest BCUT2D eigenvalue weighted by Gasteiger charge is -2.27. The number of hydrogen-bond acceptors (Lipinski definition) is 5. The van der Waals surface area contributed by atoms with Gasteiger partial charge in [0.2, 0.25) is 5.91 Å². The molecule has 0 saturated heterocycles. The Kier molecular flexibility index (Phi) is 27.9. The van der Waals surface area contributed by atoms with E-state index >= 15 is 0 Å². The Morgan fingerprint density at radius 2 is 1.05 bits per heavy atom. The predicted molar refractivity (Wildman–Crippen MR) is 164 cm³/mol. The average molecular weight is 556 g/mol. The molecule has 4 unspecified atom stereocenters. The Bertz CT molecular complexity index is 556. The van der Waals surface area contributed by atoms with Crippen LogP contribution in [0.2, 0.25) is 0 Å². The number of carbonyl (C=O) groups excluding carboxylic acids is 1. The molecule has 0 saturated carbocycles. The Morgan fingerprint density at radius 3 is 1.56 bits per heavy atom. The van der Waals surface area contributed by atoms with Crippen molar-refractivity contribution in [1.29, 1.82) is 0 Å². The molecule has 0 fully saturated rings. The van der Waals surface area contributed by atoms with Crippen molar-refractivity contribution in [2.45, 2.75) is 186 Å². The molecule has 0 heterocycles. The highest BCUT2D eigenvalue weighted by atomic mass is 16.3. The minimum Gasteiger partial charge on any atom is -0.394 e. The van der Waals surface area contributed by atoms with E-state index in [0.717, 1.165) is 57.8 Å². The fourth-order valence-corrected chi connectivity index (χ4v) is 4.97. The van der Waals surface area contributed by atoms with Gasteiger partial charge in [-0.1, -0.05) is 142 Å². The van der Waals surface area contributed by atoms with Crippen LogP contribution in [-0.4, -0.2) is 57.3 Å². The molecule has 6 nitrogen and oxygen atoms in total. The second-order valence-corrected chi connectivity index (χ2v) is 11.5. The van der Waals surface area contributed by atoms with Crippen LogP contribution >= 0.6 is 0 Å². The standard InChI is InChI=1S/C33H65NO5/c1-3-5-7-9-11-13-15-16-17-19-20-22-24-26-30(36)32(38)29(28-35)34-33(39)31(37)27-25-23-21-18-14-12-10-8-6-4-2/h10,12,29-32,35-38H,3-9,11,13-28H2,1-2H3,(H,34,39)/b12-10-. The molecule has 0 aliphatic carbocycles. The van der Waals surface area contributed by atoms with Gasteiger partial charge in [0.05, 0.1) is 18.8 Å². The van der Waals surface area contributed by atoms with E-state index in [0.29, 0.717) is 12.8 Å². The average Bonchev–Trinajstić information content (AvgIpc) is 2.94. The van der Waals surface area contributed by atoms with Crippen molar-refractivity contribution >= 4 is 5.91 Å². The fraction of sp³-hybridized carbons (Fsp3) is 0.909. The van der Waals surface area contributed by atoms with E-state index in [1.54, 1.807) is 0 Å². The van der Waals surface area contributed by atoms with Gasteiger partial charge >= 0.3 is 0 Å². The number of hydrogen-bond donors (Lipinski definition) is 5. The predicted octanol–water partition coefficient (Wildman–Crippen LogP) is 7.11. The first kappa shape index (κ1) is 38.0. The second-order valence-electron chi connectivity index (χ2n) is 11.5. The summed E-state index contributed by atoms with van der Waals surface area (Å²) in [4.78, 5) is 12.3. The first-order valence-electron chi connectivity index (χ1n) is 16.6. The van der Waals surface area contributed by atoms with Crippen molar-refractivity contribution in [3.8, 4) is 0 Å². The number of allylic oxidation sites excluding steroid dienone is 2. The molecule has 5 N–H and O–H groups in total. The zero-order chi connectivity index (χ0) is 29.0. The molecular formula is C33H65NO5. The van der Waals surface area contributed by atoms with E-state index in [2.05, 4.69) is 31.3 Å². The summed E-state index contributed by atoms with van der Waals surface area (Å²) < 4.78 is 0. The van der Waals surface area contributed by atoms with Crippen LogP contribution in [0.25, 0.3) is 0 Å². The van der Waals surface area contributed by atoms with Gasteiger partial charge in [-0.25, -0.2) is 0 Å². The lowest BCUT2D eigenvalue weighted by molar-refractivity contribution is -0.132. The van der Waals surface area contributed by atoms with Crippen LogP contribution in [0.4, 0.5) is 0 Å². The third kappa shape index (κ3) is 23.5. The lowest BCUT2D eigenvalue weighted by atomic mass is 9.99. The maximum atomic E-state index is 12.3. The van der Waals surface area contributed by atoms with E-state index in [9.17, 15) is 25.2 Å². The van der Waals surface area contributed by atoms with Crippen molar-refractivity contribution in [2.75, 3.05) is 6.61 Å². The van der Waals surface area contributed by atoms with Gasteiger partial charge in [-0.2, -0.15) is 0 Å². The van der Waals surface area contributed by atoms with Crippen LogP contribution in [0.5, 0.6) is 0 Å². The second kappa shape index (κ2) is 28.6. The molecule has 0 bridgehead atoms. The number of amides is 1. The van der Waals surface area contributed by atoms with E-state index in [1.165, 1.54) is 77.0 Å². The largest absolute Gasteiger partial charge is 0.394 e. The minimum absolute atomic E-state index is 0.355. The van der Waals surface area contributed by atoms with E-state index in [1.807, 2.05) is 0 Å². The maximum absolute atomic E-state index is 12.3. The van der Waals surface area contributed by atoms with Gasteiger partial charge in [0.1, 0.15) is 12.2 Å². The number of nitrogens with one attached hydrogen (secondary N) is 1. The Balaban J connectivity index is 3.88. The van der Waals surface area contributed by atoms with Crippen molar-refractivity contribution in [3.05, 3.63) is 12.2 Å². The maximum Gasteiger partial charge on any atom is 0.249 e. The van der Waals surface area contributed by atoms with E-state index < -0.39 is 36.9 Å². The monoisotopic (exact) mass is 555 g/mol. The third-order valence-electron chi connectivity index (χ3n) is 7.73. The molecule has 6 heteroatoms. The van der Waals surface area contributed by atoms with Crippen LogP contribution in [0.15, 0.2) is 12.2 Å². The molecule has 0 aromatic carbocycles. The lowest BCUT2D eigenvalue weighted by Crippen LogP contribution is -2.53. The van der Waals surface area contributed by atoms with Gasteiger partial charge in [0, 0.05) is 0 Å². The molecule has 0 rings (SSSR count). The number of carbonyl (C=O) groups is 1. The van der Waals surface area contributed by atoms with Crippen molar-refractivity contribution in [2.24, 2.45) is 0 Å². The molecule has 1 amide bonds. The van der Waals surface area contributed by atoms with Gasteiger partial charge in [-0.05, 0) is 32.1 Å². The highest BCUT2D eigenvalue weighted by Crippen LogP contribution is 2.15. The van der Waals surface area contributed by atoms with Crippen molar-refractivity contribution in [1.82, 2.24) is 5.32 Å². The SMILES string of the molecule is CCCC/C=C\CCCCCCC(O)C(=O)NC(CO)C(O)C(O)CCCCCCCCCCCCCCC. The summed E-state index contributed by atoms with van der Waals surface area (Å²) in [6, 6.07) is -0.983. The van der Waals surface area contributed by atoms with Gasteiger partial charge in [-0.3, -0.25) is 4.79 Å². The molecule has 0 aliphatic rings. The summed E-state index contributed by atoms with van der Waals surface area (Å²) in [7, 11) is 0. The highest BCUT2D eigenvalue weighted by Gasteiger charge is 2.28. The summed E-state index contributed by atoms with van der Waals surface area (Å²) in [5, 5.41) is 43.2. The molecule has 0 aromatic rings. The Morgan fingerprint density at radius 1 is 0.615 bits per heavy atom. The smallest absolute Gasteiger partial charge is 0.249 e. The molecule has 0 spiro atoms. The van der Waals surface area contributed by atoms with Gasteiger partial charge in [0.25, 0.3) is 0 Å². The van der Waals surface area contributed by atoms with E-state index in [-0.39, 0.29) is 0 Å². The molecular weight excluding hydrogens is 490 g/mol. The summed E-state index contributed by atoms with van der Waals surface area (Å²) in [6.07, 6.45) is 26.6. The molecule has 4 atom stereocenters. The summed E-state index contributed by atoms with van der Waals surface area (Å²) >= 11 is 0. The van der Waals surface area contributed by atoms with E-state index in [4.69, 9.17) is 0 Å². The first-order valence-corrected chi connectivity index (χ1v) is 16.6. The number of aliphatic hydroxyl groups is 4. The summed E-state index contributed by atoms with van der Waals surface area (Å²) in [5.41, 5.74) is 0.